The van der Waals surface area contributed by atoms with Crippen LogP contribution in [-0.4, -0.2) is 27.5 Å². The van der Waals surface area contributed by atoms with Crippen LogP contribution in [0.1, 0.15) is 24.8 Å². The van der Waals surface area contributed by atoms with Crippen LogP contribution in [0.5, 0.6) is 0 Å². The van der Waals surface area contributed by atoms with E-state index in [1.807, 2.05) is 24.3 Å². The Balaban J connectivity index is 1.75. The molecule has 1 amide bonds. The average Bonchev–Trinajstić information content (AvgIpc) is 2.77. The van der Waals surface area contributed by atoms with Crippen LogP contribution >= 0.6 is 0 Å². The number of carbonyl (C=O) groups excluding carboxylic acids is 1. The van der Waals surface area contributed by atoms with Gasteiger partial charge in [-0.2, -0.15) is 0 Å². The van der Waals surface area contributed by atoms with Gasteiger partial charge in [-0.3, -0.25) is 4.79 Å². The van der Waals surface area contributed by atoms with Gasteiger partial charge in [0.2, 0.25) is 5.91 Å². The van der Waals surface area contributed by atoms with E-state index < -0.39 is 11.5 Å². The molecule has 1 aromatic carbocycles. The monoisotopic (exact) mass is 272 g/mol. The summed E-state index contributed by atoms with van der Waals surface area (Å²) in [5.41, 5.74) is 0.827. The zero-order chi connectivity index (χ0) is 14.2. The van der Waals surface area contributed by atoms with E-state index in [-0.39, 0.29) is 12.3 Å². The Morgan fingerprint density at radius 2 is 2.05 bits per heavy atom. The third-order valence-electron chi connectivity index (χ3n) is 4.02. The summed E-state index contributed by atoms with van der Waals surface area (Å²) in [6, 6.07) is 7.74. The second-order valence-corrected chi connectivity index (χ2v) is 5.33. The highest BCUT2D eigenvalue weighted by atomic mass is 16.4. The van der Waals surface area contributed by atoms with Crippen molar-refractivity contribution >= 4 is 22.8 Å². The Morgan fingerprint density at radius 3 is 2.70 bits per heavy atom. The van der Waals surface area contributed by atoms with E-state index in [9.17, 15) is 14.7 Å². The van der Waals surface area contributed by atoms with Gasteiger partial charge in [0.05, 0.1) is 6.42 Å². The van der Waals surface area contributed by atoms with Gasteiger partial charge >= 0.3 is 5.97 Å². The molecule has 0 spiro atoms. The summed E-state index contributed by atoms with van der Waals surface area (Å²) in [5, 5.41) is 12.9. The number of carbonyl (C=O) groups is 2. The van der Waals surface area contributed by atoms with Gasteiger partial charge in [-0.15, -0.1) is 0 Å². The number of rotatable bonds is 4. The highest BCUT2D eigenvalue weighted by molar-refractivity contribution is 5.92. The highest BCUT2D eigenvalue weighted by Gasteiger charge is 2.45. The lowest BCUT2D eigenvalue weighted by Gasteiger charge is -2.38. The molecule has 1 saturated carbocycles. The van der Waals surface area contributed by atoms with Gasteiger partial charge in [-0.05, 0) is 30.9 Å². The number of aromatic nitrogens is 1. The maximum Gasteiger partial charge on any atom is 0.329 e. The fourth-order valence-corrected chi connectivity index (χ4v) is 2.68. The minimum absolute atomic E-state index is 0.193. The van der Waals surface area contributed by atoms with Crippen LogP contribution in [0, 0.1) is 0 Å². The molecule has 5 nitrogen and oxygen atoms in total. The number of fused-ring (bicyclic) bond motifs is 1. The third-order valence-corrected chi connectivity index (χ3v) is 4.02. The fraction of sp³-hybridized carbons (Fsp3) is 0.333. The van der Waals surface area contributed by atoms with Crippen LogP contribution in [0.4, 0.5) is 0 Å². The van der Waals surface area contributed by atoms with Gasteiger partial charge in [0.15, 0.2) is 0 Å². The smallest absolute Gasteiger partial charge is 0.329 e. The minimum atomic E-state index is -1.04. The molecule has 3 rings (SSSR count). The standard InChI is InChI=1S/C15H16N2O3/c18-13(17-15(14(19)20)6-3-7-15)8-10-9-16-12-5-2-1-4-11(10)12/h1-2,4-5,9,16H,3,6-8H2,(H,17,18)(H,19,20). The number of benzene rings is 1. The quantitative estimate of drug-likeness (QED) is 0.794. The lowest BCUT2D eigenvalue weighted by atomic mass is 9.76. The van der Waals surface area contributed by atoms with Crippen molar-refractivity contribution in [3.63, 3.8) is 0 Å². The van der Waals surface area contributed by atoms with E-state index in [0.717, 1.165) is 22.9 Å². The molecule has 0 radical (unpaired) electrons. The van der Waals surface area contributed by atoms with Crippen molar-refractivity contribution in [1.82, 2.24) is 10.3 Å². The molecule has 1 fully saturated rings. The normalized spacial score (nSPS) is 16.6. The number of carboxylic acid groups (broad SMARTS) is 1. The van der Waals surface area contributed by atoms with Crippen LogP contribution in [0.2, 0.25) is 0 Å². The fourth-order valence-electron chi connectivity index (χ4n) is 2.68. The number of aliphatic carboxylic acids is 1. The van der Waals surface area contributed by atoms with Crippen molar-refractivity contribution in [2.24, 2.45) is 0 Å². The van der Waals surface area contributed by atoms with Crippen molar-refractivity contribution in [2.75, 3.05) is 0 Å². The maximum absolute atomic E-state index is 12.1. The number of amides is 1. The predicted octanol–water partition coefficient (Wildman–Crippen LogP) is 1.83. The molecule has 104 valence electrons. The van der Waals surface area contributed by atoms with Crippen molar-refractivity contribution in [3.05, 3.63) is 36.0 Å². The van der Waals surface area contributed by atoms with Gasteiger partial charge in [0, 0.05) is 17.1 Å². The molecule has 0 aliphatic heterocycles. The molecule has 20 heavy (non-hydrogen) atoms. The molecular formula is C15H16N2O3. The first-order valence-electron chi connectivity index (χ1n) is 6.70. The van der Waals surface area contributed by atoms with Gasteiger partial charge in [0.25, 0.3) is 0 Å². The molecule has 0 unspecified atom stereocenters. The Labute approximate surface area is 116 Å². The number of hydrogen-bond donors (Lipinski definition) is 3. The molecule has 1 aliphatic carbocycles. The number of carboxylic acids is 1. The molecule has 0 saturated heterocycles. The SMILES string of the molecule is O=C(Cc1c[nH]c2ccccc12)NC1(C(=O)O)CCC1. The van der Waals surface area contributed by atoms with Crippen molar-refractivity contribution in [2.45, 2.75) is 31.2 Å². The van der Waals surface area contributed by atoms with Gasteiger partial charge < -0.3 is 15.4 Å². The van der Waals surface area contributed by atoms with Gasteiger partial charge in [0.1, 0.15) is 5.54 Å². The predicted molar refractivity (Wildman–Crippen MR) is 74.4 cm³/mol. The number of para-hydroxylation sites is 1. The number of H-pyrrole nitrogens is 1. The second kappa shape index (κ2) is 4.67. The van der Waals surface area contributed by atoms with Crippen molar-refractivity contribution in [3.8, 4) is 0 Å². The maximum atomic E-state index is 12.1. The van der Waals surface area contributed by atoms with E-state index >= 15 is 0 Å². The number of hydrogen-bond acceptors (Lipinski definition) is 2. The third kappa shape index (κ3) is 2.05. The van der Waals surface area contributed by atoms with Crippen LogP contribution in [0.15, 0.2) is 30.5 Å². The van der Waals surface area contributed by atoms with Crippen LogP contribution in [0.3, 0.4) is 0 Å². The zero-order valence-corrected chi connectivity index (χ0v) is 11.0. The minimum Gasteiger partial charge on any atom is -0.480 e. The first-order valence-corrected chi connectivity index (χ1v) is 6.70. The Bertz CT molecular complexity index is 671. The van der Waals surface area contributed by atoms with Crippen LogP contribution < -0.4 is 5.32 Å². The number of aromatic amines is 1. The second-order valence-electron chi connectivity index (χ2n) is 5.33. The summed E-state index contributed by atoms with van der Waals surface area (Å²) in [4.78, 5) is 26.4. The van der Waals surface area contributed by atoms with E-state index in [4.69, 9.17) is 0 Å². The Kier molecular flexibility index (Phi) is 2.97. The Morgan fingerprint density at radius 1 is 1.30 bits per heavy atom. The summed E-state index contributed by atoms with van der Waals surface area (Å²) in [5.74, 6) is -1.17. The molecule has 3 N–H and O–H groups in total. The summed E-state index contributed by atoms with van der Waals surface area (Å²) in [6.45, 7) is 0. The molecule has 2 aromatic rings. The summed E-state index contributed by atoms with van der Waals surface area (Å²) in [6.07, 6.45) is 3.88. The lowest BCUT2D eigenvalue weighted by molar-refractivity contribution is -0.151. The first kappa shape index (κ1) is 12.7. The molecule has 1 aromatic heterocycles. The molecule has 1 heterocycles. The van der Waals surface area contributed by atoms with Crippen LogP contribution in [-0.2, 0) is 16.0 Å². The van der Waals surface area contributed by atoms with E-state index in [0.29, 0.717) is 12.8 Å². The highest BCUT2D eigenvalue weighted by Crippen LogP contribution is 2.32. The Hall–Kier alpha value is -2.30. The topological polar surface area (TPSA) is 82.2 Å². The summed E-state index contributed by atoms with van der Waals surface area (Å²) < 4.78 is 0. The molecule has 0 atom stereocenters. The van der Waals surface area contributed by atoms with Crippen LogP contribution in [0.25, 0.3) is 10.9 Å². The largest absolute Gasteiger partial charge is 0.480 e. The van der Waals surface area contributed by atoms with Gasteiger partial charge in [-0.1, -0.05) is 18.2 Å². The van der Waals surface area contributed by atoms with E-state index in [1.165, 1.54) is 0 Å². The molecule has 0 bridgehead atoms. The first-order chi connectivity index (χ1) is 9.61. The number of nitrogens with one attached hydrogen (secondary N) is 2. The molecule has 5 heteroatoms. The molecular weight excluding hydrogens is 256 g/mol. The summed E-state index contributed by atoms with van der Waals surface area (Å²) >= 11 is 0. The van der Waals surface area contributed by atoms with E-state index in [1.54, 1.807) is 6.20 Å². The van der Waals surface area contributed by atoms with E-state index in [2.05, 4.69) is 10.3 Å². The molecule has 1 aliphatic rings. The summed E-state index contributed by atoms with van der Waals surface area (Å²) in [7, 11) is 0. The van der Waals surface area contributed by atoms with Gasteiger partial charge in [-0.25, -0.2) is 4.79 Å². The lowest BCUT2D eigenvalue weighted by Crippen LogP contribution is -2.59. The zero-order valence-electron chi connectivity index (χ0n) is 11.0. The van der Waals surface area contributed by atoms with Crippen molar-refractivity contribution < 1.29 is 14.7 Å². The average molecular weight is 272 g/mol. The van der Waals surface area contributed by atoms with Crippen molar-refractivity contribution in [1.29, 1.82) is 0 Å².